The molecule has 2 aromatic heterocycles. The lowest BCUT2D eigenvalue weighted by molar-refractivity contribution is 0.0612. The summed E-state index contributed by atoms with van der Waals surface area (Å²) in [6.07, 6.45) is 2.64. The molecule has 0 spiro atoms. The second-order valence-corrected chi connectivity index (χ2v) is 3.81. The highest BCUT2D eigenvalue weighted by Gasteiger charge is 2.35. The molecule has 16 heavy (non-hydrogen) atoms. The van der Waals surface area contributed by atoms with Crippen molar-refractivity contribution in [3.8, 4) is 0 Å². The number of hydrogen-bond acceptors (Lipinski definition) is 4. The van der Waals surface area contributed by atoms with E-state index in [0.717, 1.165) is 0 Å². The molecule has 7 heteroatoms. The van der Waals surface area contributed by atoms with Gasteiger partial charge in [-0.15, -0.1) is 10.2 Å². The summed E-state index contributed by atoms with van der Waals surface area (Å²) in [4.78, 5) is 5.95. The number of halogens is 2. The van der Waals surface area contributed by atoms with Gasteiger partial charge in [0.05, 0.1) is 5.92 Å². The first kappa shape index (κ1) is 9.44. The van der Waals surface area contributed by atoms with Crippen molar-refractivity contribution in [3.63, 3.8) is 0 Å². The summed E-state index contributed by atoms with van der Waals surface area (Å²) in [6, 6.07) is 0. The number of rotatable bonds is 2. The second-order valence-electron chi connectivity index (χ2n) is 3.81. The number of aromatic nitrogens is 4. The lowest BCUT2D eigenvalue weighted by atomic mass is 10.0. The van der Waals surface area contributed by atoms with E-state index in [2.05, 4.69) is 15.2 Å². The molecule has 5 nitrogen and oxygen atoms in total. The molecule has 0 aromatic carbocycles. The van der Waals surface area contributed by atoms with Crippen molar-refractivity contribution in [3.05, 3.63) is 18.7 Å². The molecule has 1 saturated heterocycles. The number of alkyl halides is 2. The van der Waals surface area contributed by atoms with Crippen LogP contribution in [-0.2, 0) is 0 Å². The molecule has 0 atom stereocenters. The Morgan fingerprint density at radius 1 is 1.38 bits per heavy atom. The maximum atomic E-state index is 12.3. The third kappa shape index (κ3) is 1.31. The van der Waals surface area contributed by atoms with Crippen molar-refractivity contribution >= 4 is 11.5 Å². The van der Waals surface area contributed by atoms with Gasteiger partial charge in [0.2, 0.25) is 12.1 Å². The molecular weight excluding hydrogens is 216 g/mol. The van der Waals surface area contributed by atoms with Crippen LogP contribution in [0.5, 0.6) is 0 Å². The lowest BCUT2D eigenvalue weighted by Gasteiger charge is -2.39. The Bertz CT molecular complexity index is 505. The van der Waals surface area contributed by atoms with Crippen LogP contribution in [0.25, 0.3) is 5.65 Å². The predicted octanol–water partition coefficient (Wildman–Crippen LogP) is 0.826. The Labute approximate surface area is 89.7 Å². The van der Waals surface area contributed by atoms with E-state index in [4.69, 9.17) is 0 Å². The van der Waals surface area contributed by atoms with Gasteiger partial charge in [-0.25, -0.2) is 13.8 Å². The smallest absolute Gasteiger partial charge is 0.244 e. The van der Waals surface area contributed by atoms with Gasteiger partial charge in [-0.2, -0.15) is 0 Å². The molecule has 84 valence electrons. The molecule has 1 aliphatic rings. The zero-order valence-electron chi connectivity index (χ0n) is 8.29. The normalized spacial score (nSPS) is 17.1. The molecule has 0 saturated carbocycles. The van der Waals surface area contributed by atoms with Crippen LogP contribution in [0.4, 0.5) is 14.6 Å². The maximum absolute atomic E-state index is 12.3. The van der Waals surface area contributed by atoms with Crippen molar-refractivity contribution in [2.75, 3.05) is 18.0 Å². The number of anilines is 1. The van der Waals surface area contributed by atoms with E-state index in [1.54, 1.807) is 28.0 Å². The molecule has 0 unspecified atom stereocenters. The van der Waals surface area contributed by atoms with Crippen LogP contribution in [0.3, 0.4) is 0 Å². The zero-order valence-corrected chi connectivity index (χ0v) is 8.29. The number of fused-ring (bicyclic) bond motifs is 1. The Morgan fingerprint density at radius 2 is 2.19 bits per heavy atom. The van der Waals surface area contributed by atoms with E-state index in [0.29, 0.717) is 24.6 Å². The van der Waals surface area contributed by atoms with Gasteiger partial charge in [-0.1, -0.05) is 0 Å². The maximum Gasteiger partial charge on any atom is 0.244 e. The number of nitrogens with zero attached hydrogens (tertiary/aromatic N) is 5. The molecule has 3 heterocycles. The van der Waals surface area contributed by atoms with Crippen LogP contribution in [0.2, 0.25) is 0 Å². The van der Waals surface area contributed by atoms with E-state index in [-0.39, 0.29) is 0 Å². The van der Waals surface area contributed by atoms with Gasteiger partial charge in [-0.05, 0) is 0 Å². The van der Waals surface area contributed by atoms with Gasteiger partial charge in [0.1, 0.15) is 6.33 Å². The standard InChI is InChI=1S/C9H9F2N5/c10-7(11)6-3-16(4-6)8-9-14-13-5-15(9)2-1-12-8/h1-2,5-7H,3-4H2. The first-order valence-electron chi connectivity index (χ1n) is 4.93. The topological polar surface area (TPSA) is 46.3 Å². The number of hydrogen-bond donors (Lipinski definition) is 0. The monoisotopic (exact) mass is 225 g/mol. The fraction of sp³-hybridized carbons (Fsp3) is 0.444. The molecule has 1 fully saturated rings. The third-order valence-electron chi connectivity index (χ3n) is 2.76. The summed E-state index contributed by atoms with van der Waals surface area (Å²) in [5.74, 6) is 0.0712. The van der Waals surface area contributed by atoms with E-state index < -0.39 is 12.3 Å². The molecule has 1 aliphatic heterocycles. The highest BCUT2D eigenvalue weighted by Crippen LogP contribution is 2.28. The van der Waals surface area contributed by atoms with Gasteiger partial charge in [0, 0.05) is 25.5 Å². The largest absolute Gasteiger partial charge is 0.352 e. The van der Waals surface area contributed by atoms with Crippen LogP contribution in [0.1, 0.15) is 0 Å². The molecule has 2 aromatic rings. The van der Waals surface area contributed by atoms with Crippen LogP contribution >= 0.6 is 0 Å². The van der Waals surface area contributed by atoms with Crippen molar-refractivity contribution in [1.29, 1.82) is 0 Å². The minimum atomic E-state index is -2.26. The molecular formula is C9H9F2N5. The van der Waals surface area contributed by atoms with Gasteiger partial charge >= 0.3 is 0 Å². The minimum absolute atomic E-state index is 0.331. The predicted molar refractivity (Wildman–Crippen MR) is 52.5 cm³/mol. The quantitative estimate of drug-likeness (QED) is 0.759. The van der Waals surface area contributed by atoms with E-state index in [1.807, 2.05) is 0 Å². The van der Waals surface area contributed by atoms with Gasteiger partial charge < -0.3 is 4.90 Å². The Kier molecular flexibility index (Phi) is 1.98. The summed E-state index contributed by atoms with van der Waals surface area (Å²) in [5.41, 5.74) is 0.607. The van der Waals surface area contributed by atoms with Crippen molar-refractivity contribution < 1.29 is 8.78 Å². The van der Waals surface area contributed by atoms with Gasteiger partial charge in [0.25, 0.3) is 0 Å². The summed E-state index contributed by atoms with van der Waals surface area (Å²) >= 11 is 0. The fourth-order valence-electron chi connectivity index (χ4n) is 1.81. The fourth-order valence-corrected chi connectivity index (χ4v) is 1.81. The first-order valence-corrected chi connectivity index (χ1v) is 4.93. The van der Waals surface area contributed by atoms with Crippen LogP contribution < -0.4 is 4.90 Å². The first-order chi connectivity index (χ1) is 7.75. The third-order valence-corrected chi connectivity index (χ3v) is 2.76. The Balaban J connectivity index is 1.88. The summed E-state index contributed by atoms with van der Waals surface area (Å²) in [5, 5.41) is 7.67. The van der Waals surface area contributed by atoms with Gasteiger partial charge in [-0.3, -0.25) is 4.40 Å². The molecule has 3 rings (SSSR count). The van der Waals surface area contributed by atoms with Crippen molar-refractivity contribution in [2.24, 2.45) is 5.92 Å². The average molecular weight is 225 g/mol. The summed E-state index contributed by atoms with van der Waals surface area (Å²) in [6.45, 7) is 0.661. The lowest BCUT2D eigenvalue weighted by Crippen LogP contribution is -2.50. The van der Waals surface area contributed by atoms with Crippen LogP contribution in [-0.4, -0.2) is 39.1 Å². The summed E-state index contributed by atoms with van der Waals surface area (Å²) in [7, 11) is 0. The summed E-state index contributed by atoms with van der Waals surface area (Å²) < 4.78 is 26.4. The van der Waals surface area contributed by atoms with Crippen LogP contribution in [0, 0.1) is 5.92 Å². The highest BCUT2D eigenvalue weighted by atomic mass is 19.3. The molecule has 0 amide bonds. The molecule has 0 aliphatic carbocycles. The molecule has 0 N–H and O–H groups in total. The van der Waals surface area contributed by atoms with Crippen molar-refractivity contribution in [1.82, 2.24) is 19.6 Å². The average Bonchev–Trinajstić information content (AvgIpc) is 2.63. The molecule has 0 bridgehead atoms. The molecule has 0 radical (unpaired) electrons. The highest BCUT2D eigenvalue weighted by molar-refractivity contribution is 5.64. The van der Waals surface area contributed by atoms with E-state index in [9.17, 15) is 8.78 Å². The Hall–Kier alpha value is -1.79. The Morgan fingerprint density at radius 3 is 2.94 bits per heavy atom. The van der Waals surface area contributed by atoms with E-state index >= 15 is 0 Å². The zero-order chi connectivity index (χ0) is 11.1. The second kappa shape index (κ2) is 3.36. The van der Waals surface area contributed by atoms with Gasteiger partial charge in [0.15, 0.2) is 5.82 Å². The van der Waals surface area contributed by atoms with Crippen molar-refractivity contribution in [2.45, 2.75) is 6.43 Å². The van der Waals surface area contributed by atoms with E-state index in [1.165, 1.54) is 0 Å². The van der Waals surface area contributed by atoms with Crippen LogP contribution in [0.15, 0.2) is 18.7 Å². The minimum Gasteiger partial charge on any atom is -0.352 e. The SMILES string of the molecule is FC(F)C1CN(c2nccn3cnnc23)C1.